The number of halogens is 1. The molecule has 0 aromatic carbocycles. The third kappa shape index (κ3) is 2.44. The van der Waals surface area contributed by atoms with E-state index in [0.717, 1.165) is 29.7 Å². The smallest absolute Gasteiger partial charge is 0.0272 e. The van der Waals surface area contributed by atoms with E-state index in [4.69, 9.17) is 0 Å². The molecule has 1 aliphatic heterocycles. The molecule has 1 N–H and O–H groups in total. The fraction of sp³-hybridized carbons (Fsp3) is 1.00. The van der Waals surface area contributed by atoms with Gasteiger partial charge >= 0.3 is 0 Å². The van der Waals surface area contributed by atoms with Crippen molar-refractivity contribution in [3.05, 3.63) is 0 Å². The van der Waals surface area contributed by atoms with Gasteiger partial charge in [-0.25, -0.2) is 5.01 Å². The summed E-state index contributed by atoms with van der Waals surface area (Å²) in [6.07, 6.45) is 7.71. The van der Waals surface area contributed by atoms with Crippen molar-refractivity contribution in [3.8, 4) is 0 Å². The first-order valence-electron chi connectivity index (χ1n) is 7.47. The maximum Gasteiger partial charge on any atom is 0.0272 e. The van der Waals surface area contributed by atoms with Crippen molar-refractivity contribution in [1.29, 1.82) is 0 Å². The SMILES string of the molecule is C1CN(NC2C3CC4CC(C3)CC2C4)CCS1.Cl. The van der Waals surface area contributed by atoms with E-state index in [9.17, 15) is 0 Å². The van der Waals surface area contributed by atoms with Gasteiger partial charge in [0.15, 0.2) is 0 Å². The van der Waals surface area contributed by atoms with Gasteiger partial charge in [0.25, 0.3) is 0 Å². The second-order valence-electron chi connectivity index (χ2n) is 6.69. The monoisotopic (exact) mass is 288 g/mol. The highest BCUT2D eigenvalue weighted by molar-refractivity contribution is 7.99. The van der Waals surface area contributed by atoms with E-state index in [1.54, 1.807) is 6.42 Å². The van der Waals surface area contributed by atoms with Crippen LogP contribution in [0.1, 0.15) is 32.1 Å². The quantitative estimate of drug-likeness (QED) is 0.841. The van der Waals surface area contributed by atoms with E-state index < -0.39 is 0 Å². The molecule has 1 heterocycles. The van der Waals surface area contributed by atoms with Crippen LogP contribution in [0.25, 0.3) is 0 Å². The average Bonchev–Trinajstić information content (AvgIpc) is 2.34. The zero-order valence-electron chi connectivity index (χ0n) is 11.0. The second-order valence-corrected chi connectivity index (χ2v) is 7.91. The van der Waals surface area contributed by atoms with Gasteiger partial charge in [0.05, 0.1) is 0 Å². The Morgan fingerprint density at radius 2 is 1.39 bits per heavy atom. The summed E-state index contributed by atoms with van der Waals surface area (Å²) in [4.78, 5) is 0. The summed E-state index contributed by atoms with van der Waals surface area (Å²) in [6.45, 7) is 2.51. The maximum atomic E-state index is 3.92. The van der Waals surface area contributed by atoms with Crippen LogP contribution in [0, 0.1) is 23.7 Å². The molecule has 4 saturated carbocycles. The van der Waals surface area contributed by atoms with Gasteiger partial charge in [-0.3, -0.25) is 5.43 Å². The van der Waals surface area contributed by atoms with Gasteiger partial charge < -0.3 is 0 Å². The molecule has 4 bridgehead atoms. The highest BCUT2D eigenvalue weighted by atomic mass is 35.5. The predicted octanol–water partition coefficient (Wildman–Crippen LogP) is 2.79. The molecule has 5 aliphatic rings. The van der Waals surface area contributed by atoms with Gasteiger partial charge in [0.1, 0.15) is 0 Å². The molecule has 0 atom stereocenters. The van der Waals surface area contributed by atoms with Gasteiger partial charge in [-0.05, 0) is 55.8 Å². The van der Waals surface area contributed by atoms with Gasteiger partial charge in [0, 0.05) is 30.6 Å². The van der Waals surface area contributed by atoms with Crippen molar-refractivity contribution in [2.75, 3.05) is 24.6 Å². The van der Waals surface area contributed by atoms with Crippen molar-refractivity contribution in [3.63, 3.8) is 0 Å². The molecule has 2 nitrogen and oxygen atoms in total. The summed E-state index contributed by atoms with van der Waals surface area (Å²) >= 11 is 2.11. The van der Waals surface area contributed by atoms with E-state index in [-0.39, 0.29) is 12.4 Å². The molecule has 0 aromatic rings. The van der Waals surface area contributed by atoms with E-state index in [1.807, 2.05) is 0 Å². The summed E-state index contributed by atoms with van der Waals surface area (Å²) < 4.78 is 0. The van der Waals surface area contributed by atoms with Crippen LogP contribution in [0.15, 0.2) is 0 Å². The van der Waals surface area contributed by atoms with Crippen LogP contribution in [-0.2, 0) is 0 Å². The molecule has 5 rings (SSSR count). The lowest BCUT2D eigenvalue weighted by atomic mass is 9.54. The molecule has 5 fully saturated rings. The third-order valence-electron chi connectivity index (χ3n) is 5.57. The van der Waals surface area contributed by atoms with Gasteiger partial charge in [-0.1, -0.05) is 0 Å². The minimum atomic E-state index is 0. The Morgan fingerprint density at radius 1 is 0.833 bits per heavy atom. The van der Waals surface area contributed by atoms with E-state index in [2.05, 4.69) is 22.2 Å². The molecule has 0 unspecified atom stereocenters. The number of hydrogen-bond acceptors (Lipinski definition) is 3. The van der Waals surface area contributed by atoms with Crippen molar-refractivity contribution < 1.29 is 0 Å². The first-order valence-corrected chi connectivity index (χ1v) is 8.63. The zero-order valence-corrected chi connectivity index (χ0v) is 12.6. The Balaban J connectivity index is 0.000001000. The third-order valence-corrected chi connectivity index (χ3v) is 6.51. The number of thioether (sulfide) groups is 1. The Hall–Kier alpha value is 0.560. The summed E-state index contributed by atoms with van der Waals surface area (Å²) in [5.41, 5.74) is 3.92. The van der Waals surface area contributed by atoms with Crippen LogP contribution >= 0.6 is 24.2 Å². The van der Waals surface area contributed by atoms with Crippen molar-refractivity contribution in [2.24, 2.45) is 23.7 Å². The van der Waals surface area contributed by atoms with Crippen LogP contribution in [0.4, 0.5) is 0 Å². The Morgan fingerprint density at radius 3 is 1.94 bits per heavy atom. The van der Waals surface area contributed by atoms with Crippen molar-refractivity contribution in [2.45, 2.75) is 38.1 Å². The molecule has 0 radical (unpaired) electrons. The maximum absolute atomic E-state index is 3.92. The predicted molar refractivity (Wildman–Crippen MR) is 80.1 cm³/mol. The number of hydrogen-bond donors (Lipinski definition) is 1. The van der Waals surface area contributed by atoms with Crippen LogP contribution in [0.3, 0.4) is 0 Å². The lowest BCUT2D eigenvalue weighted by Crippen LogP contribution is -2.59. The molecule has 4 aliphatic carbocycles. The molecule has 1 saturated heterocycles. The topological polar surface area (TPSA) is 15.3 Å². The van der Waals surface area contributed by atoms with Gasteiger partial charge in [-0.15, -0.1) is 12.4 Å². The minimum absolute atomic E-state index is 0. The van der Waals surface area contributed by atoms with Gasteiger partial charge in [0.2, 0.25) is 0 Å². The Kier molecular flexibility index (Phi) is 4.15. The first kappa shape index (κ1) is 13.5. The normalized spacial score (nSPS) is 47.0. The highest BCUT2D eigenvalue weighted by Crippen LogP contribution is 2.53. The van der Waals surface area contributed by atoms with Gasteiger partial charge in [-0.2, -0.15) is 11.8 Å². The van der Waals surface area contributed by atoms with Crippen LogP contribution in [0.2, 0.25) is 0 Å². The number of hydrazine groups is 1. The average molecular weight is 289 g/mol. The van der Waals surface area contributed by atoms with Crippen molar-refractivity contribution >= 4 is 24.2 Å². The van der Waals surface area contributed by atoms with Crippen molar-refractivity contribution in [1.82, 2.24) is 10.4 Å². The summed E-state index contributed by atoms with van der Waals surface area (Å²) in [7, 11) is 0. The largest absolute Gasteiger partial charge is 0.252 e. The Labute approximate surface area is 121 Å². The fourth-order valence-electron chi connectivity index (χ4n) is 5.04. The van der Waals surface area contributed by atoms with Crippen LogP contribution in [0.5, 0.6) is 0 Å². The fourth-order valence-corrected chi connectivity index (χ4v) is 5.94. The zero-order chi connectivity index (χ0) is 11.2. The molecule has 0 amide bonds. The molecular weight excluding hydrogens is 264 g/mol. The lowest BCUT2D eigenvalue weighted by molar-refractivity contribution is -0.0416. The highest BCUT2D eigenvalue weighted by Gasteiger charge is 2.48. The van der Waals surface area contributed by atoms with E-state index >= 15 is 0 Å². The summed E-state index contributed by atoms with van der Waals surface area (Å²) in [5.74, 6) is 6.88. The minimum Gasteiger partial charge on any atom is -0.252 e. The second kappa shape index (κ2) is 5.51. The summed E-state index contributed by atoms with van der Waals surface area (Å²) in [5, 5.41) is 2.53. The molecule has 4 heteroatoms. The molecule has 0 aromatic heterocycles. The molecular formula is C14H25ClN2S. The molecule has 104 valence electrons. The Bertz CT molecular complexity index is 266. The molecule has 18 heavy (non-hydrogen) atoms. The van der Waals surface area contributed by atoms with E-state index in [1.165, 1.54) is 50.3 Å². The van der Waals surface area contributed by atoms with E-state index in [0.29, 0.717) is 0 Å². The number of nitrogens with zero attached hydrogens (tertiary/aromatic N) is 1. The first-order chi connectivity index (χ1) is 8.38. The molecule has 0 spiro atoms. The van der Waals surface area contributed by atoms with Crippen LogP contribution in [-0.4, -0.2) is 35.6 Å². The lowest BCUT2D eigenvalue weighted by Gasteiger charge is -2.55. The number of rotatable bonds is 2. The summed E-state index contributed by atoms with van der Waals surface area (Å²) in [6, 6.07) is 0.839. The van der Waals surface area contributed by atoms with Crippen LogP contribution < -0.4 is 5.43 Å². The number of nitrogens with one attached hydrogen (secondary N) is 1. The standard InChI is InChI=1S/C14H24N2S.ClH/c1-3-17-4-2-16(1)15-14-12-6-10-5-11(8-12)9-13(14)7-10;/h10-15H,1-9H2;1H.